The molecular formula is C14H22N2OS. The van der Waals surface area contributed by atoms with E-state index in [1.54, 1.807) is 11.3 Å². The molecule has 0 aliphatic heterocycles. The molecule has 1 unspecified atom stereocenters. The first kappa shape index (κ1) is 13.6. The van der Waals surface area contributed by atoms with Crippen LogP contribution in [-0.4, -0.2) is 22.9 Å². The Morgan fingerprint density at radius 3 is 2.78 bits per heavy atom. The van der Waals surface area contributed by atoms with E-state index < -0.39 is 0 Å². The van der Waals surface area contributed by atoms with Crippen LogP contribution in [0.15, 0.2) is 17.5 Å². The molecule has 1 aromatic heterocycles. The fourth-order valence-electron chi connectivity index (χ4n) is 1.93. The van der Waals surface area contributed by atoms with Gasteiger partial charge in [-0.25, -0.2) is 0 Å². The predicted octanol–water partition coefficient (Wildman–Crippen LogP) is 2.61. The van der Waals surface area contributed by atoms with Crippen molar-refractivity contribution in [2.75, 3.05) is 0 Å². The molecule has 0 saturated heterocycles. The average molecular weight is 266 g/mol. The van der Waals surface area contributed by atoms with E-state index in [9.17, 15) is 4.79 Å². The summed E-state index contributed by atoms with van der Waals surface area (Å²) in [6.07, 6.45) is 2.77. The van der Waals surface area contributed by atoms with E-state index in [2.05, 4.69) is 25.3 Å². The third-order valence-electron chi connectivity index (χ3n) is 3.48. The number of nitrogens with two attached hydrogens (primary N) is 1. The van der Waals surface area contributed by atoms with Crippen LogP contribution in [0, 0.1) is 5.92 Å². The molecule has 1 fully saturated rings. The highest BCUT2D eigenvalue weighted by Crippen LogP contribution is 2.30. The third kappa shape index (κ3) is 3.56. The van der Waals surface area contributed by atoms with E-state index in [-0.39, 0.29) is 11.9 Å². The predicted molar refractivity (Wildman–Crippen MR) is 75.3 cm³/mol. The van der Waals surface area contributed by atoms with Crippen molar-refractivity contribution in [3.63, 3.8) is 0 Å². The quantitative estimate of drug-likeness (QED) is 0.860. The largest absolute Gasteiger partial charge is 0.335 e. The molecule has 1 aromatic rings. The summed E-state index contributed by atoms with van der Waals surface area (Å²) in [4.78, 5) is 15.6. The lowest BCUT2D eigenvalue weighted by atomic mass is 10.0. The van der Waals surface area contributed by atoms with Gasteiger partial charge in [-0.05, 0) is 30.2 Å². The van der Waals surface area contributed by atoms with Crippen LogP contribution in [0.5, 0.6) is 0 Å². The van der Waals surface area contributed by atoms with Gasteiger partial charge < -0.3 is 10.6 Å². The maximum absolute atomic E-state index is 12.3. The van der Waals surface area contributed by atoms with Gasteiger partial charge in [-0.1, -0.05) is 19.9 Å². The van der Waals surface area contributed by atoms with Gasteiger partial charge in [0, 0.05) is 23.4 Å². The third-order valence-corrected chi connectivity index (χ3v) is 4.34. The Morgan fingerprint density at radius 2 is 2.28 bits per heavy atom. The molecule has 0 radical (unpaired) electrons. The first-order valence-electron chi connectivity index (χ1n) is 6.65. The van der Waals surface area contributed by atoms with Crippen LogP contribution in [0.1, 0.15) is 38.0 Å². The van der Waals surface area contributed by atoms with Crippen molar-refractivity contribution in [2.24, 2.45) is 11.7 Å². The summed E-state index contributed by atoms with van der Waals surface area (Å²) in [5, 5.41) is 2.06. The second-order valence-electron chi connectivity index (χ2n) is 5.44. The molecule has 1 aliphatic rings. The summed E-state index contributed by atoms with van der Waals surface area (Å²) < 4.78 is 0. The molecule has 2 N–H and O–H groups in total. The summed E-state index contributed by atoms with van der Waals surface area (Å²) in [7, 11) is 0. The van der Waals surface area contributed by atoms with E-state index in [1.807, 2.05) is 11.0 Å². The van der Waals surface area contributed by atoms with Crippen LogP contribution in [0.3, 0.4) is 0 Å². The normalized spacial score (nSPS) is 16.9. The van der Waals surface area contributed by atoms with Gasteiger partial charge in [0.25, 0.3) is 0 Å². The number of rotatable bonds is 6. The number of hydrogen-bond donors (Lipinski definition) is 1. The van der Waals surface area contributed by atoms with Crippen molar-refractivity contribution >= 4 is 17.2 Å². The van der Waals surface area contributed by atoms with E-state index >= 15 is 0 Å². The number of nitrogens with zero attached hydrogens (tertiary/aromatic N) is 1. The minimum absolute atomic E-state index is 0.0258. The highest BCUT2D eigenvalue weighted by atomic mass is 32.1. The molecule has 1 amide bonds. The summed E-state index contributed by atoms with van der Waals surface area (Å²) >= 11 is 1.71. The molecule has 0 spiro atoms. The van der Waals surface area contributed by atoms with Crippen molar-refractivity contribution in [3.05, 3.63) is 22.4 Å². The van der Waals surface area contributed by atoms with Gasteiger partial charge in [0.15, 0.2) is 0 Å². The molecule has 2 rings (SSSR count). The second-order valence-corrected chi connectivity index (χ2v) is 6.48. The summed E-state index contributed by atoms with van der Waals surface area (Å²) in [5.41, 5.74) is 6.00. The molecule has 1 saturated carbocycles. The Hall–Kier alpha value is -0.870. The van der Waals surface area contributed by atoms with Gasteiger partial charge in [-0.15, -0.1) is 11.3 Å². The Balaban J connectivity index is 1.95. The Bertz CT molecular complexity index is 385. The first-order valence-corrected chi connectivity index (χ1v) is 7.53. The summed E-state index contributed by atoms with van der Waals surface area (Å²) in [5.74, 6) is 0.573. The van der Waals surface area contributed by atoms with E-state index in [0.717, 1.165) is 19.4 Å². The summed E-state index contributed by atoms with van der Waals surface area (Å²) in [6.45, 7) is 4.89. The van der Waals surface area contributed by atoms with Crippen molar-refractivity contribution < 1.29 is 4.79 Å². The molecular weight excluding hydrogens is 244 g/mol. The number of carbonyl (C=O) groups is 1. The Labute approximate surface area is 113 Å². The van der Waals surface area contributed by atoms with Gasteiger partial charge in [0.1, 0.15) is 0 Å². The van der Waals surface area contributed by atoms with Gasteiger partial charge >= 0.3 is 0 Å². The molecule has 3 nitrogen and oxygen atoms in total. The summed E-state index contributed by atoms with van der Waals surface area (Å²) in [6, 6.07) is 4.56. The van der Waals surface area contributed by atoms with Crippen LogP contribution in [0.2, 0.25) is 0 Å². The fraction of sp³-hybridized carbons (Fsp3) is 0.643. The zero-order valence-corrected chi connectivity index (χ0v) is 12.0. The highest BCUT2D eigenvalue weighted by molar-refractivity contribution is 7.09. The second kappa shape index (κ2) is 5.85. The van der Waals surface area contributed by atoms with Crippen LogP contribution < -0.4 is 5.73 Å². The highest BCUT2D eigenvalue weighted by Gasteiger charge is 2.33. The fourth-order valence-corrected chi connectivity index (χ4v) is 2.63. The lowest BCUT2D eigenvalue weighted by molar-refractivity contribution is -0.133. The molecule has 1 atom stereocenters. The zero-order chi connectivity index (χ0) is 13.1. The van der Waals surface area contributed by atoms with Crippen molar-refractivity contribution in [2.45, 2.75) is 51.7 Å². The van der Waals surface area contributed by atoms with Crippen molar-refractivity contribution in [1.82, 2.24) is 4.90 Å². The van der Waals surface area contributed by atoms with Gasteiger partial charge in [-0.3, -0.25) is 4.79 Å². The number of amides is 1. The lowest BCUT2D eigenvalue weighted by Crippen LogP contribution is -2.38. The van der Waals surface area contributed by atoms with Crippen molar-refractivity contribution in [1.29, 1.82) is 0 Å². The van der Waals surface area contributed by atoms with E-state index in [4.69, 9.17) is 5.73 Å². The van der Waals surface area contributed by atoms with Gasteiger partial charge in [0.05, 0.1) is 6.54 Å². The molecule has 100 valence electrons. The van der Waals surface area contributed by atoms with Gasteiger partial charge in [0.2, 0.25) is 5.91 Å². The van der Waals surface area contributed by atoms with E-state index in [0.29, 0.717) is 18.4 Å². The Morgan fingerprint density at radius 1 is 1.56 bits per heavy atom. The zero-order valence-electron chi connectivity index (χ0n) is 11.1. The average Bonchev–Trinajstić information content (AvgIpc) is 3.03. The SMILES string of the molecule is CC(C)C(N)CC(=O)N(Cc1cccs1)C1CC1. The lowest BCUT2D eigenvalue weighted by Gasteiger charge is -2.24. The molecule has 0 aromatic carbocycles. The minimum atomic E-state index is -0.0258. The number of hydrogen-bond acceptors (Lipinski definition) is 3. The molecule has 18 heavy (non-hydrogen) atoms. The topological polar surface area (TPSA) is 46.3 Å². The van der Waals surface area contributed by atoms with Crippen LogP contribution >= 0.6 is 11.3 Å². The molecule has 4 heteroatoms. The minimum Gasteiger partial charge on any atom is -0.335 e. The van der Waals surface area contributed by atoms with Crippen LogP contribution in [0.4, 0.5) is 0 Å². The monoisotopic (exact) mass is 266 g/mol. The maximum Gasteiger partial charge on any atom is 0.224 e. The molecule has 0 bridgehead atoms. The molecule has 1 aliphatic carbocycles. The smallest absolute Gasteiger partial charge is 0.224 e. The molecule has 1 heterocycles. The van der Waals surface area contributed by atoms with Crippen molar-refractivity contribution in [3.8, 4) is 0 Å². The Kier molecular flexibility index (Phi) is 4.40. The van der Waals surface area contributed by atoms with Gasteiger partial charge in [-0.2, -0.15) is 0 Å². The van der Waals surface area contributed by atoms with E-state index in [1.165, 1.54) is 4.88 Å². The number of thiophene rings is 1. The van der Waals surface area contributed by atoms with Crippen LogP contribution in [0.25, 0.3) is 0 Å². The first-order chi connectivity index (χ1) is 8.58. The standard InChI is InChI=1S/C14H22N2OS/c1-10(2)13(15)8-14(17)16(11-5-6-11)9-12-4-3-7-18-12/h3-4,7,10-11,13H,5-6,8-9,15H2,1-2H3. The maximum atomic E-state index is 12.3. The number of carbonyl (C=O) groups excluding carboxylic acids is 1. The van der Waals surface area contributed by atoms with Crippen LogP contribution in [-0.2, 0) is 11.3 Å².